The average molecular weight is 339 g/mol. The molecule has 0 radical (unpaired) electrons. The van der Waals surface area contributed by atoms with Crippen molar-refractivity contribution in [1.82, 2.24) is 14.7 Å². The van der Waals surface area contributed by atoms with E-state index in [1.54, 1.807) is 11.0 Å². The molecule has 1 aromatic carbocycles. The molecule has 0 spiro atoms. The highest BCUT2D eigenvalue weighted by Gasteiger charge is 2.25. The average Bonchev–Trinajstić information content (AvgIpc) is 2.64. The Bertz CT molecular complexity index is 777. The van der Waals surface area contributed by atoms with Crippen molar-refractivity contribution in [2.24, 2.45) is 5.92 Å². The van der Waals surface area contributed by atoms with Gasteiger partial charge >= 0.3 is 0 Å². The van der Waals surface area contributed by atoms with E-state index in [9.17, 15) is 9.59 Å². The number of carbonyl (C=O) groups excluding carboxylic acids is 1. The van der Waals surface area contributed by atoms with Gasteiger partial charge in [0.2, 0.25) is 5.91 Å². The van der Waals surface area contributed by atoms with Crippen molar-refractivity contribution >= 4 is 5.91 Å². The van der Waals surface area contributed by atoms with E-state index < -0.39 is 0 Å². The first-order valence-corrected chi connectivity index (χ1v) is 8.94. The van der Waals surface area contributed by atoms with E-state index in [1.807, 2.05) is 37.4 Å². The molecular weight excluding hydrogens is 314 g/mol. The summed E-state index contributed by atoms with van der Waals surface area (Å²) in [6.45, 7) is 2.25. The van der Waals surface area contributed by atoms with Crippen LogP contribution >= 0.6 is 0 Å². The fourth-order valence-electron chi connectivity index (χ4n) is 3.40. The lowest BCUT2D eigenvalue weighted by atomic mass is 9.87. The molecule has 1 saturated carbocycles. The number of nitrogens with zero attached hydrogens (tertiary/aromatic N) is 3. The zero-order valence-corrected chi connectivity index (χ0v) is 14.9. The molecule has 0 saturated heterocycles. The zero-order chi connectivity index (χ0) is 17.8. The second-order valence-corrected chi connectivity index (χ2v) is 7.00. The van der Waals surface area contributed by atoms with Gasteiger partial charge in [0, 0.05) is 24.7 Å². The predicted molar refractivity (Wildman–Crippen MR) is 98.1 cm³/mol. The number of aromatic nitrogens is 2. The van der Waals surface area contributed by atoms with Gasteiger partial charge in [-0.2, -0.15) is 5.10 Å². The van der Waals surface area contributed by atoms with Crippen LogP contribution in [0.3, 0.4) is 0 Å². The highest BCUT2D eigenvalue weighted by molar-refractivity contribution is 5.76. The zero-order valence-electron chi connectivity index (χ0n) is 14.9. The molecule has 1 aliphatic carbocycles. The number of hydrogen-bond acceptors (Lipinski definition) is 3. The normalized spacial score (nSPS) is 20.2. The minimum absolute atomic E-state index is 0.0118. The largest absolute Gasteiger partial charge is 0.341 e. The van der Waals surface area contributed by atoms with E-state index in [4.69, 9.17) is 0 Å². The van der Waals surface area contributed by atoms with Gasteiger partial charge in [-0.15, -0.1) is 0 Å². The minimum Gasteiger partial charge on any atom is -0.341 e. The van der Waals surface area contributed by atoms with Crippen LogP contribution in [0.15, 0.2) is 47.3 Å². The number of hydrogen-bond donors (Lipinski definition) is 0. The molecule has 25 heavy (non-hydrogen) atoms. The van der Waals surface area contributed by atoms with Gasteiger partial charge in [0.05, 0.1) is 5.69 Å². The summed E-state index contributed by atoms with van der Waals surface area (Å²) in [6, 6.07) is 13.1. The minimum atomic E-state index is -0.251. The van der Waals surface area contributed by atoms with Gasteiger partial charge in [0.25, 0.3) is 5.56 Å². The molecule has 1 fully saturated rings. The number of benzene rings is 1. The first-order chi connectivity index (χ1) is 12.0. The molecule has 5 nitrogen and oxygen atoms in total. The molecule has 1 aliphatic rings. The van der Waals surface area contributed by atoms with Crippen LogP contribution < -0.4 is 5.56 Å². The molecule has 0 aliphatic heterocycles. The molecule has 0 bridgehead atoms. The van der Waals surface area contributed by atoms with Gasteiger partial charge in [-0.25, -0.2) is 4.68 Å². The lowest BCUT2D eigenvalue weighted by Crippen LogP contribution is -2.42. The molecule has 1 aromatic heterocycles. The molecule has 5 heteroatoms. The van der Waals surface area contributed by atoms with Crippen LogP contribution in [0.4, 0.5) is 0 Å². The third-order valence-corrected chi connectivity index (χ3v) is 5.15. The maximum Gasteiger partial charge on any atom is 0.267 e. The molecule has 2 aromatic rings. The number of carbonyl (C=O) groups is 1. The van der Waals surface area contributed by atoms with Crippen LogP contribution in [0.25, 0.3) is 11.3 Å². The molecule has 1 amide bonds. The van der Waals surface area contributed by atoms with Gasteiger partial charge in [0.1, 0.15) is 6.54 Å². The Labute approximate surface area is 148 Å². The molecule has 1 heterocycles. The number of amides is 1. The fourth-order valence-corrected chi connectivity index (χ4v) is 3.40. The molecule has 0 unspecified atom stereocenters. The Morgan fingerprint density at radius 1 is 1.12 bits per heavy atom. The third kappa shape index (κ3) is 4.16. The van der Waals surface area contributed by atoms with Crippen molar-refractivity contribution in [3.63, 3.8) is 0 Å². The van der Waals surface area contributed by atoms with E-state index in [0.717, 1.165) is 37.2 Å². The van der Waals surface area contributed by atoms with Crippen LogP contribution in [-0.4, -0.2) is 33.7 Å². The van der Waals surface area contributed by atoms with Gasteiger partial charge < -0.3 is 4.90 Å². The van der Waals surface area contributed by atoms with E-state index in [2.05, 4.69) is 12.0 Å². The summed E-state index contributed by atoms with van der Waals surface area (Å²) in [5.74, 6) is 0.686. The molecular formula is C20H25N3O2. The van der Waals surface area contributed by atoms with Crippen molar-refractivity contribution < 1.29 is 4.79 Å². The fraction of sp³-hybridized carbons (Fsp3) is 0.450. The summed E-state index contributed by atoms with van der Waals surface area (Å²) >= 11 is 0. The molecule has 0 N–H and O–H groups in total. The summed E-state index contributed by atoms with van der Waals surface area (Å²) < 4.78 is 1.27. The van der Waals surface area contributed by atoms with Crippen molar-refractivity contribution in [3.05, 3.63) is 52.8 Å². The predicted octanol–water partition coefficient (Wildman–Crippen LogP) is 2.95. The van der Waals surface area contributed by atoms with Crippen LogP contribution in [0.5, 0.6) is 0 Å². The first-order valence-electron chi connectivity index (χ1n) is 8.94. The van der Waals surface area contributed by atoms with Crippen molar-refractivity contribution in [1.29, 1.82) is 0 Å². The lowest BCUT2D eigenvalue weighted by Gasteiger charge is -2.33. The summed E-state index contributed by atoms with van der Waals surface area (Å²) in [5.41, 5.74) is 1.37. The Balaban J connectivity index is 1.73. The van der Waals surface area contributed by atoms with E-state index in [0.29, 0.717) is 5.69 Å². The Hall–Kier alpha value is -2.43. The second kappa shape index (κ2) is 7.64. The van der Waals surface area contributed by atoms with E-state index in [-0.39, 0.29) is 24.1 Å². The monoisotopic (exact) mass is 339 g/mol. The first kappa shape index (κ1) is 17.4. The summed E-state index contributed by atoms with van der Waals surface area (Å²) in [7, 11) is 1.84. The van der Waals surface area contributed by atoms with Gasteiger partial charge in [-0.3, -0.25) is 9.59 Å². The quantitative estimate of drug-likeness (QED) is 0.860. The van der Waals surface area contributed by atoms with Gasteiger partial charge in [-0.1, -0.05) is 37.3 Å². The van der Waals surface area contributed by atoms with Crippen LogP contribution in [-0.2, 0) is 11.3 Å². The Kier molecular flexibility index (Phi) is 5.31. The van der Waals surface area contributed by atoms with E-state index in [1.165, 1.54) is 10.7 Å². The van der Waals surface area contributed by atoms with Crippen molar-refractivity contribution in [2.45, 2.75) is 45.2 Å². The highest BCUT2D eigenvalue weighted by Crippen LogP contribution is 2.26. The van der Waals surface area contributed by atoms with Crippen LogP contribution in [0, 0.1) is 5.92 Å². The Morgan fingerprint density at radius 2 is 1.80 bits per heavy atom. The third-order valence-electron chi connectivity index (χ3n) is 5.15. The van der Waals surface area contributed by atoms with Crippen LogP contribution in [0.1, 0.15) is 32.6 Å². The maximum atomic E-state index is 12.6. The van der Waals surface area contributed by atoms with Crippen molar-refractivity contribution in [3.8, 4) is 11.3 Å². The van der Waals surface area contributed by atoms with Gasteiger partial charge in [-0.05, 0) is 37.7 Å². The lowest BCUT2D eigenvalue weighted by molar-refractivity contribution is -0.133. The van der Waals surface area contributed by atoms with E-state index >= 15 is 0 Å². The number of likely N-dealkylation sites (N-methyl/N-ethyl adjacent to an activating group) is 1. The van der Waals surface area contributed by atoms with Gasteiger partial charge in [0.15, 0.2) is 0 Å². The molecule has 0 atom stereocenters. The molecule has 3 rings (SSSR count). The summed E-state index contributed by atoms with van der Waals surface area (Å²) in [4.78, 5) is 26.5. The number of rotatable bonds is 4. The standard InChI is InChI=1S/C20H25N3O2/c1-15-8-10-17(11-9-15)22(2)20(25)14-23-19(24)13-12-18(21-23)16-6-4-3-5-7-16/h3-7,12-13,15,17H,8-11,14H2,1-2H3. The summed E-state index contributed by atoms with van der Waals surface area (Å²) in [6.07, 6.45) is 4.39. The second-order valence-electron chi connectivity index (χ2n) is 7.00. The highest BCUT2D eigenvalue weighted by atomic mass is 16.2. The van der Waals surface area contributed by atoms with Crippen LogP contribution in [0.2, 0.25) is 0 Å². The molecule has 132 valence electrons. The topological polar surface area (TPSA) is 55.2 Å². The maximum absolute atomic E-state index is 12.6. The smallest absolute Gasteiger partial charge is 0.267 e. The van der Waals surface area contributed by atoms with Crippen molar-refractivity contribution in [2.75, 3.05) is 7.05 Å². The summed E-state index contributed by atoms with van der Waals surface area (Å²) in [5, 5.41) is 4.38. The SMILES string of the molecule is CC1CCC(N(C)C(=O)Cn2nc(-c3ccccc3)ccc2=O)CC1. The Morgan fingerprint density at radius 3 is 2.48 bits per heavy atom.